The van der Waals surface area contributed by atoms with Gasteiger partial charge in [0.1, 0.15) is 17.2 Å². The molecule has 3 aromatic rings. The number of hydrogen-bond donors (Lipinski definition) is 3. The molecule has 0 atom stereocenters. The molecule has 0 unspecified atom stereocenters. The lowest BCUT2D eigenvalue weighted by Gasteiger charge is -2.12. The van der Waals surface area contributed by atoms with Gasteiger partial charge in [-0.2, -0.15) is 5.10 Å². The first-order valence-corrected chi connectivity index (χ1v) is 8.48. The van der Waals surface area contributed by atoms with Gasteiger partial charge in [-0.15, -0.1) is 0 Å². The summed E-state index contributed by atoms with van der Waals surface area (Å²) in [7, 11) is 3.18. The van der Waals surface area contributed by atoms with Gasteiger partial charge < -0.3 is 20.1 Å². The van der Waals surface area contributed by atoms with Crippen LogP contribution in [-0.2, 0) is 6.54 Å². The van der Waals surface area contributed by atoms with Crippen LogP contribution in [0.5, 0.6) is 11.5 Å². The zero-order valence-corrected chi connectivity index (χ0v) is 15.5. The van der Waals surface area contributed by atoms with Gasteiger partial charge in [0.15, 0.2) is 0 Å². The van der Waals surface area contributed by atoms with Gasteiger partial charge in [-0.1, -0.05) is 30.3 Å². The van der Waals surface area contributed by atoms with E-state index in [4.69, 9.17) is 9.47 Å². The Morgan fingerprint density at radius 1 is 1.11 bits per heavy atom. The molecule has 0 bridgehead atoms. The molecule has 2 aromatic carbocycles. The summed E-state index contributed by atoms with van der Waals surface area (Å²) in [6, 6.07) is 14.8. The first-order valence-electron chi connectivity index (χ1n) is 8.48. The maximum atomic E-state index is 12.4. The van der Waals surface area contributed by atoms with E-state index in [1.54, 1.807) is 20.3 Å². The summed E-state index contributed by atoms with van der Waals surface area (Å²) in [5, 5.41) is 13.0. The van der Waals surface area contributed by atoms with Crippen molar-refractivity contribution in [2.75, 3.05) is 19.5 Å². The first kappa shape index (κ1) is 18.3. The minimum atomic E-state index is -0.313. The molecule has 27 heavy (non-hydrogen) atoms. The van der Waals surface area contributed by atoms with E-state index in [2.05, 4.69) is 20.8 Å². The smallest absolute Gasteiger partial charge is 0.319 e. The minimum absolute atomic E-state index is 0.313. The van der Waals surface area contributed by atoms with Gasteiger partial charge in [-0.05, 0) is 30.7 Å². The highest BCUT2D eigenvalue weighted by Crippen LogP contribution is 2.37. The van der Waals surface area contributed by atoms with Crippen LogP contribution >= 0.6 is 0 Å². The monoisotopic (exact) mass is 366 g/mol. The van der Waals surface area contributed by atoms with E-state index in [1.165, 1.54) is 0 Å². The van der Waals surface area contributed by atoms with Crippen molar-refractivity contribution in [1.29, 1.82) is 0 Å². The Balaban J connectivity index is 1.82. The number of nitrogens with zero attached hydrogens (tertiary/aromatic N) is 1. The third kappa shape index (κ3) is 4.20. The van der Waals surface area contributed by atoms with Gasteiger partial charge in [0.05, 0.1) is 25.6 Å². The number of urea groups is 1. The van der Waals surface area contributed by atoms with Gasteiger partial charge in [0.25, 0.3) is 0 Å². The van der Waals surface area contributed by atoms with Gasteiger partial charge in [-0.25, -0.2) is 4.79 Å². The molecule has 2 amide bonds. The van der Waals surface area contributed by atoms with E-state index in [9.17, 15) is 4.79 Å². The highest BCUT2D eigenvalue weighted by atomic mass is 16.5. The molecule has 0 saturated heterocycles. The molecule has 140 valence electrons. The Morgan fingerprint density at radius 2 is 1.89 bits per heavy atom. The molecule has 3 rings (SSSR count). The van der Waals surface area contributed by atoms with E-state index in [0.717, 1.165) is 16.8 Å². The van der Waals surface area contributed by atoms with Crippen LogP contribution in [0.4, 0.5) is 10.5 Å². The second-order valence-corrected chi connectivity index (χ2v) is 5.93. The third-order valence-corrected chi connectivity index (χ3v) is 4.14. The number of aryl methyl sites for hydroxylation is 1. The van der Waals surface area contributed by atoms with Gasteiger partial charge >= 0.3 is 6.03 Å². The van der Waals surface area contributed by atoms with Crippen molar-refractivity contribution in [3.63, 3.8) is 0 Å². The van der Waals surface area contributed by atoms with Crippen LogP contribution in [0.15, 0.2) is 48.5 Å². The van der Waals surface area contributed by atoms with Crippen LogP contribution in [0.1, 0.15) is 11.3 Å². The Bertz CT molecular complexity index is 922. The minimum Gasteiger partial charge on any atom is -0.497 e. The number of ether oxygens (including phenoxy) is 2. The summed E-state index contributed by atoms with van der Waals surface area (Å²) in [6.07, 6.45) is 0. The number of aromatic nitrogens is 2. The normalized spacial score (nSPS) is 10.3. The Hall–Kier alpha value is -3.48. The van der Waals surface area contributed by atoms with Crippen molar-refractivity contribution in [2.45, 2.75) is 13.5 Å². The number of nitrogens with one attached hydrogen (secondary N) is 3. The Labute approximate surface area is 157 Å². The number of hydrogen-bond acceptors (Lipinski definition) is 4. The summed E-state index contributed by atoms with van der Waals surface area (Å²) in [5.74, 6) is 1.31. The summed E-state index contributed by atoms with van der Waals surface area (Å²) in [5.41, 5.74) is 3.65. The van der Waals surface area contributed by atoms with Crippen molar-refractivity contribution < 1.29 is 14.3 Å². The average molecular weight is 366 g/mol. The van der Waals surface area contributed by atoms with Gasteiger partial charge in [-0.3, -0.25) is 5.10 Å². The average Bonchev–Trinajstić information content (AvgIpc) is 3.06. The molecule has 3 N–H and O–H groups in total. The molecule has 0 aliphatic carbocycles. The van der Waals surface area contributed by atoms with E-state index in [1.807, 2.05) is 49.4 Å². The van der Waals surface area contributed by atoms with E-state index in [0.29, 0.717) is 29.4 Å². The molecule has 1 aromatic heterocycles. The van der Waals surface area contributed by atoms with Gasteiger partial charge in [0.2, 0.25) is 0 Å². The number of carbonyl (C=O) groups is 1. The molecule has 0 aliphatic rings. The molecule has 0 aliphatic heterocycles. The number of aromatic amines is 1. The quantitative estimate of drug-likeness (QED) is 0.620. The summed E-state index contributed by atoms with van der Waals surface area (Å²) < 4.78 is 10.7. The van der Waals surface area contributed by atoms with Crippen LogP contribution in [0, 0.1) is 6.92 Å². The fourth-order valence-corrected chi connectivity index (χ4v) is 2.71. The Kier molecular flexibility index (Phi) is 5.61. The van der Waals surface area contributed by atoms with Crippen molar-refractivity contribution in [3.8, 4) is 22.8 Å². The van der Waals surface area contributed by atoms with E-state index in [-0.39, 0.29) is 6.03 Å². The van der Waals surface area contributed by atoms with E-state index >= 15 is 0 Å². The van der Waals surface area contributed by atoms with Crippen molar-refractivity contribution in [3.05, 3.63) is 59.8 Å². The number of anilines is 1. The first-order chi connectivity index (χ1) is 13.1. The molecule has 1 heterocycles. The predicted octanol–water partition coefficient (Wildman–Crippen LogP) is 3.72. The predicted molar refractivity (Wildman–Crippen MR) is 104 cm³/mol. The summed E-state index contributed by atoms with van der Waals surface area (Å²) in [4.78, 5) is 12.4. The zero-order valence-electron chi connectivity index (χ0n) is 15.5. The zero-order chi connectivity index (χ0) is 19.2. The van der Waals surface area contributed by atoms with Crippen LogP contribution in [-0.4, -0.2) is 30.4 Å². The lowest BCUT2D eigenvalue weighted by molar-refractivity contribution is 0.251. The number of methoxy groups -OCH3 is 2. The molecule has 0 fully saturated rings. The standard InChI is InChI=1S/C20H22N4O3/c1-13-18(22-20(25)21-12-14-7-5-4-6-8-14)19(24-23-13)16-11-15(26-2)9-10-17(16)27-3/h4-11H,12H2,1-3H3,(H,23,24)(H2,21,22,25). The maximum absolute atomic E-state index is 12.4. The van der Waals surface area contributed by atoms with Crippen LogP contribution in [0.3, 0.4) is 0 Å². The van der Waals surface area contributed by atoms with Crippen molar-refractivity contribution in [2.24, 2.45) is 0 Å². The van der Waals surface area contributed by atoms with Crippen molar-refractivity contribution >= 4 is 11.7 Å². The molecule has 7 nitrogen and oxygen atoms in total. The Morgan fingerprint density at radius 3 is 2.59 bits per heavy atom. The van der Waals surface area contributed by atoms with Crippen molar-refractivity contribution in [1.82, 2.24) is 15.5 Å². The molecular weight excluding hydrogens is 344 g/mol. The molecule has 0 saturated carbocycles. The topological polar surface area (TPSA) is 88.3 Å². The molecule has 0 spiro atoms. The fourth-order valence-electron chi connectivity index (χ4n) is 2.71. The summed E-state index contributed by atoms with van der Waals surface area (Å²) >= 11 is 0. The highest BCUT2D eigenvalue weighted by molar-refractivity contribution is 5.95. The van der Waals surface area contributed by atoms with E-state index < -0.39 is 0 Å². The lowest BCUT2D eigenvalue weighted by atomic mass is 10.1. The fraction of sp³-hybridized carbons (Fsp3) is 0.200. The maximum Gasteiger partial charge on any atom is 0.319 e. The van der Waals surface area contributed by atoms with Crippen LogP contribution in [0.25, 0.3) is 11.3 Å². The van der Waals surface area contributed by atoms with Crippen LogP contribution in [0.2, 0.25) is 0 Å². The molecule has 7 heteroatoms. The lowest BCUT2D eigenvalue weighted by Crippen LogP contribution is -2.28. The summed E-state index contributed by atoms with van der Waals surface area (Å²) in [6.45, 7) is 2.28. The second kappa shape index (κ2) is 8.27. The highest BCUT2D eigenvalue weighted by Gasteiger charge is 2.19. The van der Waals surface area contributed by atoms with Crippen LogP contribution < -0.4 is 20.1 Å². The number of H-pyrrole nitrogens is 1. The molecular formula is C20H22N4O3. The number of benzene rings is 2. The second-order valence-electron chi connectivity index (χ2n) is 5.93. The number of amides is 2. The van der Waals surface area contributed by atoms with Gasteiger partial charge in [0, 0.05) is 12.1 Å². The largest absolute Gasteiger partial charge is 0.497 e. The number of rotatable bonds is 6. The molecule has 0 radical (unpaired) electrons. The number of carbonyl (C=O) groups excluding carboxylic acids is 1. The third-order valence-electron chi connectivity index (χ3n) is 4.14. The SMILES string of the molecule is COc1ccc(OC)c(-c2n[nH]c(C)c2NC(=O)NCc2ccccc2)c1.